The Morgan fingerprint density at radius 2 is 2.04 bits per heavy atom. The molecule has 25 heavy (non-hydrogen) atoms. The molecule has 130 valence electrons. The van der Waals surface area contributed by atoms with Crippen molar-refractivity contribution in [2.75, 3.05) is 12.0 Å². The predicted molar refractivity (Wildman–Crippen MR) is 92.9 cm³/mol. The van der Waals surface area contributed by atoms with Gasteiger partial charge in [0.25, 0.3) is 0 Å². The number of carbonyl (C=O) groups is 1. The van der Waals surface area contributed by atoms with Crippen LogP contribution in [0.1, 0.15) is 12.6 Å². The lowest BCUT2D eigenvalue weighted by atomic mass is 10.3. The molecule has 0 bridgehead atoms. The fourth-order valence-corrected chi connectivity index (χ4v) is 2.38. The standard InChI is InChI=1S/C16H14Cl2N4O3/c1-9-6-14(25-13-5-4-11(17)7-12(13)18)21-16(20-9)22(8-19)10(2)15(23)24-3/h4-7,10H,1-3H3. The van der Waals surface area contributed by atoms with Gasteiger partial charge in [-0.25, -0.2) is 14.7 Å². The molecule has 1 atom stereocenters. The van der Waals surface area contributed by atoms with Crippen LogP contribution in [-0.2, 0) is 9.53 Å². The average Bonchev–Trinajstić information content (AvgIpc) is 2.56. The molecule has 1 unspecified atom stereocenters. The Hall–Kier alpha value is -2.56. The van der Waals surface area contributed by atoms with Gasteiger partial charge in [0, 0.05) is 16.8 Å². The summed E-state index contributed by atoms with van der Waals surface area (Å²) in [6, 6.07) is 5.45. The van der Waals surface area contributed by atoms with Crippen LogP contribution >= 0.6 is 23.2 Å². The van der Waals surface area contributed by atoms with Crippen LogP contribution in [0.15, 0.2) is 24.3 Å². The van der Waals surface area contributed by atoms with E-state index in [4.69, 9.17) is 27.9 Å². The van der Waals surface area contributed by atoms with Gasteiger partial charge in [0.15, 0.2) is 6.19 Å². The fraction of sp³-hybridized carbons (Fsp3) is 0.250. The minimum atomic E-state index is -0.885. The zero-order valence-electron chi connectivity index (χ0n) is 13.7. The van der Waals surface area contributed by atoms with E-state index in [2.05, 4.69) is 14.7 Å². The lowest BCUT2D eigenvalue weighted by Gasteiger charge is -2.20. The first kappa shape index (κ1) is 18.8. The van der Waals surface area contributed by atoms with Crippen molar-refractivity contribution < 1.29 is 14.3 Å². The highest BCUT2D eigenvalue weighted by Crippen LogP contribution is 2.31. The molecular weight excluding hydrogens is 367 g/mol. The SMILES string of the molecule is COC(=O)C(C)N(C#N)c1nc(C)cc(Oc2ccc(Cl)cc2Cl)n1. The van der Waals surface area contributed by atoms with Gasteiger partial charge in [0.1, 0.15) is 11.8 Å². The first-order chi connectivity index (χ1) is 11.8. The molecule has 0 aliphatic carbocycles. The smallest absolute Gasteiger partial charge is 0.329 e. The number of benzene rings is 1. The minimum absolute atomic E-state index is 0.0143. The number of ether oxygens (including phenoxy) is 2. The highest BCUT2D eigenvalue weighted by Gasteiger charge is 2.25. The Balaban J connectivity index is 2.36. The van der Waals surface area contributed by atoms with E-state index in [0.717, 1.165) is 4.90 Å². The second-order valence-corrected chi connectivity index (χ2v) is 5.84. The van der Waals surface area contributed by atoms with Crippen molar-refractivity contribution in [3.8, 4) is 17.8 Å². The molecule has 1 heterocycles. The van der Waals surface area contributed by atoms with Crippen molar-refractivity contribution in [2.45, 2.75) is 19.9 Å². The lowest BCUT2D eigenvalue weighted by molar-refractivity contribution is -0.141. The number of aromatic nitrogens is 2. The summed E-state index contributed by atoms with van der Waals surface area (Å²) in [5.41, 5.74) is 0.544. The van der Waals surface area contributed by atoms with Crippen LogP contribution < -0.4 is 9.64 Å². The maximum atomic E-state index is 11.7. The van der Waals surface area contributed by atoms with E-state index in [0.29, 0.717) is 21.5 Å². The highest BCUT2D eigenvalue weighted by molar-refractivity contribution is 6.35. The minimum Gasteiger partial charge on any atom is -0.467 e. The third kappa shape index (κ3) is 4.50. The van der Waals surface area contributed by atoms with Crippen LogP contribution in [0.4, 0.5) is 5.95 Å². The second kappa shape index (κ2) is 8.01. The van der Waals surface area contributed by atoms with Crippen molar-refractivity contribution in [3.63, 3.8) is 0 Å². The number of anilines is 1. The Kier molecular flexibility index (Phi) is 6.02. The van der Waals surface area contributed by atoms with E-state index in [9.17, 15) is 10.1 Å². The van der Waals surface area contributed by atoms with Crippen molar-refractivity contribution >= 4 is 35.1 Å². The summed E-state index contributed by atoms with van der Waals surface area (Å²) in [4.78, 5) is 21.1. The summed E-state index contributed by atoms with van der Waals surface area (Å²) >= 11 is 11.9. The van der Waals surface area contributed by atoms with E-state index in [1.54, 1.807) is 25.1 Å². The second-order valence-electron chi connectivity index (χ2n) is 4.99. The van der Waals surface area contributed by atoms with Gasteiger partial charge in [-0.3, -0.25) is 0 Å². The molecule has 0 N–H and O–H groups in total. The van der Waals surface area contributed by atoms with E-state index < -0.39 is 12.0 Å². The number of halogens is 2. The van der Waals surface area contributed by atoms with Gasteiger partial charge < -0.3 is 9.47 Å². The topological polar surface area (TPSA) is 88.3 Å². The number of hydrogen-bond acceptors (Lipinski definition) is 7. The molecule has 0 spiro atoms. The molecule has 7 nitrogen and oxygen atoms in total. The summed E-state index contributed by atoms with van der Waals surface area (Å²) in [5.74, 6) is -0.0564. The number of carbonyl (C=O) groups excluding carboxylic acids is 1. The summed E-state index contributed by atoms with van der Waals surface area (Å²) < 4.78 is 10.3. The zero-order valence-corrected chi connectivity index (χ0v) is 15.2. The molecule has 2 aromatic rings. The zero-order chi connectivity index (χ0) is 18.6. The number of nitrogens with zero attached hydrogens (tertiary/aromatic N) is 4. The molecule has 0 saturated carbocycles. The molecule has 2 rings (SSSR count). The Morgan fingerprint density at radius 1 is 1.32 bits per heavy atom. The average molecular weight is 381 g/mol. The summed E-state index contributed by atoms with van der Waals surface area (Å²) in [5, 5.41) is 10.1. The number of esters is 1. The normalized spacial score (nSPS) is 11.4. The number of nitriles is 1. The quantitative estimate of drug-likeness (QED) is 0.443. The molecular formula is C16H14Cl2N4O3. The molecule has 1 aromatic heterocycles. The first-order valence-electron chi connectivity index (χ1n) is 7.11. The predicted octanol–water partition coefficient (Wildman–Crippen LogP) is 3.73. The number of methoxy groups -OCH3 is 1. The van der Waals surface area contributed by atoms with Crippen molar-refractivity contribution in [2.24, 2.45) is 0 Å². The van der Waals surface area contributed by atoms with Gasteiger partial charge in [-0.15, -0.1) is 0 Å². The van der Waals surface area contributed by atoms with Crippen LogP contribution in [0.3, 0.4) is 0 Å². The van der Waals surface area contributed by atoms with Crippen LogP contribution in [0.5, 0.6) is 11.6 Å². The van der Waals surface area contributed by atoms with Gasteiger partial charge in [-0.2, -0.15) is 10.2 Å². The summed E-state index contributed by atoms with van der Waals surface area (Å²) in [6.45, 7) is 3.22. The number of aryl methyl sites for hydroxylation is 1. The van der Waals surface area contributed by atoms with Crippen molar-refractivity contribution in [1.82, 2.24) is 9.97 Å². The van der Waals surface area contributed by atoms with Gasteiger partial charge in [-0.05, 0) is 32.0 Å². The Labute approximate surface area is 154 Å². The molecule has 1 aromatic carbocycles. The molecule has 9 heteroatoms. The van der Waals surface area contributed by atoms with Gasteiger partial charge in [-0.1, -0.05) is 23.2 Å². The van der Waals surface area contributed by atoms with E-state index in [1.165, 1.54) is 20.1 Å². The fourth-order valence-electron chi connectivity index (χ4n) is 1.94. The molecule has 0 saturated heterocycles. The Morgan fingerprint density at radius 3 is 2.64 bits per heavy atom. The van der Waals surface area contributed by atoms with E-state index in [1.807, 2.05) is 6.19 Å². The van der Waals surface area contributed by atoms with Crippen LogP contribution in [0, 0.1) is 18.4 Å². The molecule has 0 aliphatic rings. The third-order valence-corrected chi connectivity index (χ3v) is 3.71. The number of rotatable bonds is 5. The third-order valence-electron chi connectivity index (χ3n) is 3.18. The van der Waals surface area contributed by atoms with Crippen LogP contribution in [0.25, 0.3) is 0 Å². The molecule has 0 aliphatic heterocycles. The highest BCUT2D eigenvalue weighted by atomic mass is 35.5. The first-order valence-corrected chi connectivity index (χ1v) is 7.86. The maximum Gasteiger partial charge on any atom is 0.329 e. The van der Waals surface area contributed by atoms with Crippen molar-refractivity contribution in [3.05, 3.63) is 40.0 Å². The van der Waals surface area contributed by atoms with E-state index in [-0.39, 0.29) is 11.8 Å². The van der Waals surface area contributed by atoms with Gasteiger partial charge >= 0.3 is 5.97 Å². The number of hydrogen-bond donors (Lipinski definition) is 0. The largest absolute Gasteiger partial charge is 0.467 e. The molecule has 0 fully saturated rings. The van der Waals surface area contributed by atoms with Crippen molar-refractivity contribution in [1.29, 1.82) is 5.26 Å². The molecule has 0 amide bonds. The Bertz CT molecular complexity index is 839. The van der Waals surface area contributed by atoms with E-state index >= 15 is 0 Å². The lowest BCUT2D eigenvalue weighted by Crippen LogP contribution is -2.37. The monoisotopic (exact) mass is 380 g/mol. The summed E-state index contributed by atoms with van der Waals surface area (Å²) in [6.07, 6.45) is 1.88. The maximum absolute atomic E-state index is 11.7. The van der Waals surface area contributed by atoms with Gasteiger partial charge in [0.2, 0.25) is 11.8 Å². The van der Waals surface area contributed by atoms with Gasteiger partial charge in [0.05, 0.1) is 12.1 Å². The van der Waals surface area contributed by atoms with Crippen LogP contribution in [-0.4, -0.2) is 29.1 Å². The molecule has 0 radical (unpaired) electrons. The van der Waals surface area contributed by atoms with Crippen LogP contribution in [0.2, 0.25) is 10.0 Å². The summed E-state index contributed by atoms with van der Waals surface area (Å²) in [7, 11) is 1.24.